The quantitative estimate of drug-likeness (QED) is 0.0741. The fraction of sp³-hybridized carbons (Fsp3) is 0.365. The highest BCUT2D eigenvalue weighted by Crippen LogP contribution is 2.40. The largest absolute Gasteiger partial charge is 0.478 e. The number of amides is 1. The van der Waals surface area contributed by atoms with Gasteiger partial charge in [0.1, 0.15) is 29.0 Å². The van der Waals surface area contributed by atoms with Crippen molar-refractivity contribution in [1.29, 1.82) is 5.26 Å². The van der Waals surface area contributed by atoms with E-state index in [1.807, 2.05) is 82.7 Å². The molecule has 8 heterocycles. The molecule has 1 atom stereocenters. The Morgan fingerprint density at radius 3 is 2.29 bits per heavy atom. The van der Waals surface area contributed by atoms with Gasteiger partial charge in [0.25, 0.3) is 0 Å². The van der Waals surface area contributed by atoms with Crippen LogP contribution in [0.15, 0.2) is 97.8 Å². The van der Waals surface area contributed by atoms with Gasteiger partial charge >= 0.3 is 5.97 Å². The van der Waals surface area contributed by atoms with Crippen LogP contribution in [0.5, 0.6) is 11.6 Å². The summed E-state index contributed by atoms with van der Waals surface area (Å²) >= 11 is 0. The van der Waals surface area contributed by atoms with Crippen LogP contribution in [0.4, 0.5) is 11.8 Å². The fourth-order valence-corrected chi connectivity index (χ4v) is 9.11. The van der Waals surface area contributed by atoms with Gasteiger partial charge in [0.2, 0.25) is 17.7 Å². The summed E-state index contributed by atoms with van der Waals surface area (Å²) in [5.41, 5.74) is 4.37. The summed E-state index contributed by atoms with van der Waals surface area (Å²) in [6.07, 6.45) is 17.9. The van der Waals surface area contributed by atoms with Crippen molar-refractivity contribution in [3.8, 4) is 40.2 Å². The number of aromatic carboxylic acids is 1. The normalized spacial score (nSPS) is 15.1. The van der Waals surface area contributed by atoms with Crippen molar-refractivity contribution >= 4 is 29.4 Å². The van der Waals surface area contributed by atoms with Crippen LogP contribution in [0.1, 0.15) is 103 Å². The third-order valence-corrected chi connectivity index (χ3v) is 13.2. The van der Waals surface area contributed by atoms with Crippen molar-refractivity contribution in [2.24, 2.45) is 0 Å². The monoisotopic (exact) mass is 969 g/mol. The maximum atomic E-state index is 13.5. The van der Waals surface area contributed by atoms with Crippen molar-refractivity contribution in [1.82, 2.24) is 59.8 Å². The van der Waals surface area contributed by atoms with E-state index in [2.05, 4.69) is 41.6 Å². The van der Waals surface area contributed by atoms with Crippen LogP contribution >= 0.6 is 0 Å². The first kappa shape index (κ1) is 48.5. The molecule has 0 radical (unpaired) electrons. The highest BCUT2D eigenvalue weighted by atomic mass is 16.5. The van der Waals surface area contributed by atoms with Gasteiger partial charge in [-0.3, -0.25) is 19.0 Å². The zero-order valence-electron chi connectivity index (χ0n) is 40.5. The number of ether oxygens (including phenoxy) is 1. The standard InChI is InChI=1S/C52H55N15O5/c1-35-31-63(51-56-29-39(30-57-51)43-18-17-42-48(69)52(2,3)67(49(42)58-43)32-38-14-12-20-54-44(38)27-53)23-24-66(35)47(68)26-40-33-64(61-59-40)21-9-7-5-4-6-8-10-22-65-34-45(60-62-65)36-13-11-15-41(25-36)72-46-19-16-37(28-55-46)50(70)71/h11-20,25,28-30,33-35H,4-10,21-24,26,31-32H2,1-3H3,(H,70,71)/t35-/m1/s1. The van der Waals surface area contributed by atoms with Crippen LogP contribution < -0.4 is 14.5 Å². The summed E-state index contributed by atoms with van der Waals surface area (Å²) in [6.45, 7) is 9.28. The Labute approximate surface area is 416 Å². The topological polar surface area (TPSA) is 240 Å². The van der Waals surface area contributed by atoms with Crippen LogP contribution in [-0.2, 0) is 30.8 Å². The lowest BCUT2D eigenvalue weighted by Gasteiger charge is -2.39. The number of Topliss-reactive ketones (excluding diaryl/α,β-unsaturated/α-hetero) is 1. The first-order chi connectivity index (χ1) is 34.9. The van der Waals surface area contributed by atoms with E-state index < -0.39 is 11.5 Å². The van der Waals surface area contributed by atoms with Gasteiger partial charge in [0.15, 0.2) is 5.78 Å². The van der Waals surface area contributed by atoms with E-state index in [1.54, 1.807) is 36.8 Å². The molecular weight excluding hydrogens is 915 g/mol. The molecule has 2 aliphatic heterocycles. The van der Waals surface area contributed by atoms with Gasteiger partial charge in [0.05, 0.1) is 40.7 Å². The number of pyridine rings is 3. The molecule has 0 saturated carbocycles. The van der Waals surface area contributed by atoms with Crippen LogP contribution in [0.2, 0.25) is 0 Å². The Kier molecular flexibility index (Phi) is 14.6. The van der Waals surface area contributed by atoms with E-state index in [9.17, 15) is 19.6 Å². The molecular formula is C52H55N15O5. The van der Waals surface area contributed by atoms with Crippen molar-refractivity contribution in [3.63, 3.8) is 0 Å². The van der Waals surface area contributed by atoms with Crippen molar-refractivity contribution in [2.45, 2.75) is 103 Å². The SMILES string of the molecule is C[C@@H]1CN(c2ncc(-c3ccc4c(n3)N(Cc3cccnc3C#N)C(C)(C)C4=O)cn2)CCN1C(=O)Cc1cn(CCCCCCCCCn2cc(-c3cccc(Oc4ccc(C(=O)O)cn4)c3)nn2)nn1. The van der Waals surface area contributed by atoms with Gasteiger partial charge in [0, 0.05) is 99.1 Å². The van der Waals surface area contributed by atoms with E-state index >= 15 is 0 Å². The van der Waals surface area contributed by atoms with E-state index in [4.69, 9.17) is 24.8 Å². The van der Waals surface area contributed by atoms with Gasteiger partial charge < -0.3 is 24.5 Å². The average Bonchev–Trinajstić information content (AvgIpc) is 4.11. The molecule has 20 heteroatoms. The number of benzene rings is 1. The second-order valence-corrected chi connectivity index (χ2v) is 18.6. The van der Waals surface area contributed by atoms with E-state index in [0.29, 0.717) is 83.3 Å². The minimum atomic E-state index is -1.04. The van der Waals surface area contributed by atoms with Gasteiger partial charge in [-0.2, -0.15) is 5.26 Å². The number of nitrogens with zero attached hydrogens (tertiary/aromatic N) is 15. The Balaban J connectivity index is 0.665. The molecule has 0 bridgehead atoms. The van der Waals surface area contributed by atoms with Gasteiger partial charge in [-0.15, -0.1) is 10.2 Å². The van der Waals surface area contributed by atoms with E-state index in [1.165, 1.54) is 18.3 Å². The lowest BCUT2D eigenvalue weighted by molar-refractivity contribution is -0.132. The summed E-state index contributed by atoms with van der Waals surface area (Å²) < 4.78 is 9.52. The highest BCUT2D eigenvalue weighted by Gasteiger charge is 2.45. The number of ketones is 1. The van der Waals surface area contributed by atoms with Crippen molar-refractivity contribution in [3.05, 3.63) is 126 Å². The zero-order chi connectivity index (χ0) is 50.2. The number of fused-ring (bicyclic) bond motifs is 1. The first-order valence-electron chi connectivity index (χ1n) is 24.2. The number of unbranched alkanes of at least 4 members (excludes halogenated alkanes) is 6. The number of carboxylic acids is 1. The number of aryl methyl sites for hydroxylation is 2. The van der Waals surface area contributed by atoms with Crippen LogP contribution in [0, 0.1) is 11.3 Å². The van der Waals surface area contributed by atoms with Gasteiger partial charge in [-0.1, -0.05) is 60.7 Å². The summed E-state index contributed by atoms with van der Waals surface area (Å²) in [4.78, 5) is 66.5. The van der Waals surface area contributed by atoms with E-state index in [-0.39, 0.29) is 29.7 Å². The second-order valence-electron chi connectivity index (χ2n) is 18.6. The van der Waals surface area contributed by atoms with Crippen LogP contribution in [0.25, 0.3) is 22.5 Å². The number of rotatable bonds is 20. The Bertz CT molecular complexity index is 3090. The third kappa shape index (κ3) is 11.1. The Morgan fingerprint density at radius 2 is 1.57 bits per heavy atom. The predicted octanol–water partition coefficient (Wildman–Crippen LogP) is 7.23. The highest BCUT2D eigenvalue weighted by molar-refractivity contribution is 6.13. The number of carboxylic acid groups (broad SMARTS) is 1. The fourth-order valence-electron chi connectivity index (χ4n) is 9.11. The molecule has 368 valence electrons. The molecule has 0 spiro atoms. The number of hydrogen-bond donors (Lipinski definition) is 1. The molecule has 1 amide bonds. The Hall–Kier alpha value is -8.47. The van der Waals surface area contributed by atoms with Crippen LogP contribution in [0.3, 0.4) is 0 Å². The molecule has 72 heavy (non-hydrogen) atoms. The number of aromatic nitrogens is 11. The molecule has 20 nitrogen and oxygen atoms in total. The number of carbonyl (C=O) groups is 3. The molecule has 2 aliphatic rings. The lowest BCUT2D eigenvalue weighted by atomic mass is 9.97. The van der Waals surface area contributed by atoms with Crippen LogP contribution in [-0.4, -0.2) is 114 Å². The number of nitriles is 1. The molecule has 0 unspecified atom stereocenters. The second kappa shape index (κ2) is 21.7. The molecule has 1 fully saturated rings. The molecule has 1 aromatic carbocycles. The molecule has 1 N–H and O–H groups in total. The van der Waals surface area contributed by atoms with E-state index in [0.717, 1.165) is 69.3 Å². The Morgan fingerprint density at radius 1 is 0.819 bits per heavy atom. The minimum Gasteiger partial charge on any atom is -0.478 e. The summed E-state index contributed by atoms with van der Waals surface area (Å²) in [6, 6.07) is 19.7. The van der Waals surface area contributed by atoms with Crippen molar-refractivity contribution < 1.29 is 24.2 Å². The molecule has 9 rings (SSSR count). The number of anilines is 2. The maximum Gasteiger partial charge on any atom is 0.337 e. The smallest absolute Gasteiger partial charge is 0.337 e. The number of piperazine rings is 1. The maximum absolute atomic E-state index is 13.5. The third-order valence-electron chi connectivity index (χ3n) is 13.2. The summed E-state index contributed by atoms with van der Waals surface area (Å²) in [5.74, 6) is 0.904. The molecule has 1 saturated heterocycles. The van der Waals surface area contributed by atoms with Crippen molar-refractivity contribution in [2.75, 3.05) is 29.4 Å². The first-order valence-corrected chi connectivity index (χ1v) is 24.2. The van der Waals surface area contributed by atoms with Gasteiger partial charge in [-0.05, 0) is 70.0 Å². The predicted molar refractivity (Wildman–Crippen MR) is 265 cm³/mol. The molecule has 6 aromatic heterocycles. The number of carbonyl (C=O) groups excluding carboxylic acids is 2. The molecule has 7 aromatic rings. The summed E-state index contributed by atoms with van der Waals surface area (Å²) in [5, 5.41) is 36.0. The van der Waals surface area contributed by atoms with Gasteiger partial charge in [-0.25, -0.2) is 29.7 Å². The average molecular weight is 970 g/mol. The number of hydrogen-bond acceptors (Lipinski definition) is 16. The molecule has 0 aliphatic carbocycles. The zero-order valence-corrected chi connectivity index (χ0v) is 40.5. The minimum absolute atomic E-state index is 0.0131. The lowest BCUT2D eigenvalue weighted by Crippen LogP contribution is -2.54. The summed E-state index contributed by atoms with van der Waals surface area (Å²) in [7, 11) is 0.